The van der Waals surface area contributed by atoms with Gasteiger partial charge in [-0.3, -0.25) is 4.68 Å². The van der Waals surface area contributed by atoms with Crippen molar-refractivity contribution in [1.82, 2.24) is 14.8 Å². The van der Waals surface area contributed by atoms with E-state index in [2.05, 4.69) is 17.0 Å². The van der Waals surface area contributed by atoms with Crippen LogP contribution in [0.25, 0.3) is 0 Å². The van der Waals surface area contributed by atoms with Gasteiger partial charge in [0, 0.05) is 13.0 Å². The summed E-state index contributed by atoms with van der Waals surface area (Å²) in [6.07, 6.45) is 6.61. The van der Waals surface area contributed by atoms with Crippen molar-refractivity contribution < 1.29 is 5.11 Å². The molecule has 0 bridgehead atoms. The first-order valence-corrected chi connectivity index (χ1v) is 5.84. The summed E-state index contributed by atoms with van der Waals surface area (Å²) in [7, 11) is 0. The highest BCUT2D eigenvalue weighted by Gasteiger charge is 2.24. The lowest BCUT2D eigenvalue weighted by atomic mass is 10.0. The zero-order valence-electron chi connectivity index (χ0n) is 9.26. The van der Waals surface area contributed by atoms with Gasteiger partial charge in [0.05, 0.1) is 6.10 Å². The predicted molar refractivity (Wildman–Crippen MR) is 57.4 cm³/mol. The minimum Gasteiger partial charge on any atom is -0.393 e. The van der Waals surface area contributed by atoms with Gasteiger partial charge in [0.1, 0.15) is 12.2 Å². The number of nitrogens with zero attached hydrogens (tertiary/aromatic N) is 3. The standard InChI is InChI=1S/C11H19N3O/c1-2-5-14-11(12-8-13-14)7-9-3-4-10(15)6-9/h8-10,15H,2-7H2,1H3. The highest BCUT2D eigenvalue weighted by molar-refractivity contribution is 4.90. The van der Waals surface area contributed by atoms with Gasteiger partial charge >= 0.3 is 0 Å². The fraction of sp³-hybridized carbons (Fsp3) is 0.818. The van der Waals surface area contributed by atoms with Crippen molar-refractivity contribution in [1.29, 1.82) is 0 Å². The van der Waals surface area contributed by atoms with Crippen molar-refractivity contribution >= 4 is 0 Å². The van der Waals surface area contributed by atoms with Crippen LogP contribution in [0.5, 0.6) is 0 Å². The molecule has 2 atom stereocenters. The molecular formula is C11H19N3O. The van der Waals surface area contributed by atoms with Crippen molar-refractivity contribution in [3.05, 3.63) is 12.2 Å². The first-order valence-electron chi connectivity index (χ1n) is 5.84. The van der Waals surface area contributed by atoms with Crippen molar-refractivity contribution in [2.24, 2.45) is 5.92 Å². The second kappa shape index (κ2) is 4.75. The number of aliphatic hydroxyl groups is 1. The number of aromatic nitrogens is 3. The zero-order chi connectivity index (χ0) is 10.7. The maximum Gasteiger partial charge on any atom is 0.138 e. The molecule has 1 aliphatic carbocycles. The van der Waals surface area contributed by atoms with Gasteiger partial charge in [0.25, 0.3) is 0 Å². The van der Waals surface area contributed by atoms with E-state index >= 15 is 0 Å². The van der Waals surface area contributed by atoms with Gasteiger partial charge in [0.15, 0.2) is 0 Å². The normalized spacial score (nSPS) is 26.0. The molecule has 84 valence electrons. The molecule has 1 N–H and O–H groups in total. The van der Waals surface area contributed by atoms with Gasteiger partial charge in [-0.25, -0.2) is 4.98 Å². The highest BCUT2D eigenvalue weighted by atomic mass is 16.3. The summed E-state index contributed by atoms with van der Waals surface area (Å²) in [5.41, 5.74) is 0. The molecule has 4 nitrogen and oxygen atoms in total. The van der Waals surface area contributed by atoms with Crippen LogP contribution < -0.4 is 0 Å². The van der Waals surface area contributed by atoms with Crippen LogP contribution in [0.15, 0.2) is 6.33 Å². The van der Waals surface area contributed by atoms with E-state index in [0.717, 1.165) is 44.5 Å². The molecule has 0 saturated heterocycles. The molecule has 1 saturated carbocycles. The predicted octanol–water partition coefficient (Wildman–Crippen LogP) is 1.39. The lowest BCUT2D eigenvalue weighted by Crippen LogP contribution is -2.10. The van der Waals surface area contributed by atoms with E-state index in [0.29, 0.717) is 5.92 Å². The molecule has 1 heterocycles. The summed E-state index contributed by atoms with van der Waals surface area (Å²) in [5, 5.41) is 13.7. The number of hydrogen-bond acceptors (Lipinski definition) is 3. The van der Waals surface area contributed by atoms with Crippen LogP contribution >= 0.6 is 0 Å². The second-order valence-electron chi connectivity index (χ2n) is 4.44. The Kier molecular flexibility index (Phi) is 3.36. The Balaban J connectivity index is 1.95. The summed E-state index contributed by atoms with van der Waals surface area (Å²) in [5.74, 6) is 1.68. The Morgan fingerprint density at radius 1 is 1.53 bits per heavy atom. The molecule has 0 radical (unpaired) electrons. The summed E-state index contributed by atoms with van der Waals surface area (Å²) in [4.78, 5) is 4.29. The Hall–Kier alpha value is -0.900. The Bertz CT molecular complexity index is 311. The smallest absolute Gasteiger partial charge is 0.138 e. The molecule has 0 spiro atoms. The molecule has 0 amide bonds. The van der Waals surface area contributed by atoms with Crippen LogP contribution in [-0.4, -0.2) is 26.0 Å². The zero-order valence-corrected chi connectivity index (χ0v) is 9.26. The van der Waals surface area contributed by atoms with Crippen molar-refractivity contribution in [2.45, 2.75) is 51.7 Å². The fourth-order valence-corrected chi connectivity index (χ4v) is 2.34. The third-order valence-corrected chi connectivity index (χ3v) is 3.12. The van der Waals surface area contributed by atoms with Crippen molar-refractivity contribution in [3.63, 3.8) is 0 Å². The van der Waals surface area contributed by atoms with Crippen LogP contribution in [0.4, 0.5) is 0 Å². The minimum atomic E-state index is -0.0856. The van der Waals surface area contributed by atoms with E-state index in [1.807, 2.05) is 4.68 Å². The molecular weight excluding hydrogens is 190 g/mol. The van der Waals surface area contributed by atoms with Crippen LogP contribution in [-0.2, 0) is 13.0 Å². The molecule has 4 heteroatoms. The third-order valence-electron chi connectivity index (χ3n) is 3.12. The van der Waals surface area contributed by atoms with E-state index in [9.17, 15) is 5.11 Å². The molecule has 0 aromatic carbocycles. The third kappa shape index (κ3) is 2.56. The maximum atomic E-state index is 9.46. The Morgan fingerprint density at radius 2 is 2.40 bits per heavy atom. The van der Waals surface area contributed by atoms with Gasteiger partial charge in [-0.05, 0) is 31.6 Å². The van der Waals surface area contributed by atoms with Gasteiger partial charge in [-0.15, -0.1) is 0 Å². The average molecular weight is 209 g/mol. The number of aryl methyl sites for hydroxylation is 1. The quantitative estimate of drug-likeness (QED) is 0.815. The molecule has 1 aromatic rings. The minimum absolute atomic E-state index is 0.0856. The van der Waals surface area contributed by atoms with Gasteiger partial charge < -0.3 is 5.11 Å². The monoisotopic (exact) mass is 209 g/mol. The molecule has 2 rings (SSSR count). The van der Waals surface area contributed by atoms with Crippen molar-refractivity contribution in [2.75, 3.05) is 0 Å². The van der Waals surface area contributed by atoms with E-state index in [4.69, 9.17) is 0 Å². The van der Waals surface area contributed by atoms with Crippen molar-refractivity contribution in [3.8, 4) is 0 Å². The number of aliphatic hydroxyl groups excluding tert-OH is 1. The van der Waals surface area contributed by atoms with Gasteiger partial charge in [0.2, 0.25) is 0 Å². The van der Waals surface area contributed by atoms with E-state index < -0.39 is 0 Å². The van der Waals surface area contributed by atoms with Crippen LogP contribution in [0.3, 0.4) is 0 Å². The molecule has 15 heavy (non-hydrogen) atoms. The number of rotatable bonds is 4. The highest BCUT2D eigenvalue weighted by Crippen LogP contribution is 2.27. The molecule has 1 aromatic heterocycles. The van der Waals surface area contributed by atoms with Crippen LogP contribution in [0.1, 0.15) is 38.4 Å². The van der Waals surface area contributed by atoms with E-state index in [1.165, 1.54) is 0 Å². The van der Waals surface area contributed by atoms with E-state index in [1.54, 1.807) is 6.33 Å². The van der Waals surface area contributed by atoms with E-state index in [-0.39, 0.29) is 6.10 Å². The summed E-state index contributed by atoms with van der Waals surface area (Å²) in [6, 6.07) is 0. The maximum absolute atomic E-state index is 9.46. The summed E-state index contributed by atoms with van der Waals surface area (Å²) < 4.78 is 1.99. The SMILES string of the molecule is CCCn1ncnc1CC1CCC(O)C1. The first-order chi connectivity index (χ1) is 7.29. The lowest BCUT2D eigenvalue weighted by molar-refractivity contribution is 0.177. The average Bonchev–Trinajstić information content (AvgIpc) is 2.78. The van der Waals surface area contributed by atoms with Crippen LogP contribution in [0, 0.1) is 5.92 Å². The first kappa shape index (κ1) is 10.6. The molecule has 2 unspecified atom stereocenters. The molecule has 1 aliphatic rings. The summed E-state index contributed by atoms with van der Waals surface area (Å²) >= 11 is 0. The topological polar surface area (TPSA) is 50.9 Å². The fourth-order valence-electron chi connectivity index (χ4n) is 2.34. The molecule has 0 aliphatic heterocycles. The second-order valence-corrected chi connectivity index (χ2v) is 4.44. The van der Waals surface area contributed by atoms with Gasteiger partial charge in [-0.1, -0.05) is 6.92 Å². The van der Waals surface area contributed by atoms with Gasteiger partial charge in [-0.2, -0.15) is 5.10 Å². The molecule has 1 fully saturated rings. The Morgan fingerprint density at radius 3 is 3.07 bits per heavy atom. The largest absolute Gasteiger partial charge is 0.393 e. The lowest BCUT2D eigenvalue weighted by Gasteiger charge is -2.09. The summed E-state index contributed by atoms with van der Waals surface area (Å²) in [6.45, 7) is 3.09. The van der Waals surface area contributed by atoms with Crippen LogP contribution in [0.2, 0.25) is 0 Å². The number of hydrogen-bond donors (Lipinski definition) is 1. The Labute approximate surface area is 90.3 Å².